The van der Waals surface area contributed by atoms with Gasteiger partial charge in [0.15, 0.2) is 6.10 Å². The van der Waals surface area contributed by atoms with Crippen LogP contribution in [0.4, 0.5) is 5.82 Å². The number of nitrogens with zero attached hydrogens (tertiary/aromatic N) is 3. The summed E-state index contributed by atoms with van der Waals surface area (Å²) in [5.41, 5.74) is 1.13. The molecule has 3 rings (SSSR count). The number of hydrogen-bond donors (Lipinski definition) is 0. The van der Waals surface area contributed by atoms with Gasteiger partial charge in [-0.3, -0.25) is 4.79 Å². The standard InChI is InChI=1S/C19H21BrClN3O2/c1-13-6-7-16(15(20)12-13)26-14(2)19(25)24-10-8-23(9-11-24)18-5-3-4-17(21)22-18/h3-7,12,14H,8-11H2,1-2H3. The lowest BCUT2D eigenvalue weighted by molar-refractivity contribution is -0.138. The predicted octanol–water partition coefficient (Wildman–Crippen LogP) is 3.92. The molecule has 5 nitrogen and oxygen atoms in total. The van der Waals surface area contributed by atoms with Crippen molar-refractivity contribution >= 4 is 39.3 Å². The number of piperazine rings is 1. The first-order chi connectivity index (χ1) is 12.4. The van der Waals surface area contributed by atoms with Crippen LogP contribution in [-0.4, -0.2) is 48.1 Å². The van der Waals surface area contributed by atoms with E-state index in [0.717, 1.165) is 28.9 Å². The summed E-state index contributed by atoms with van der Waals surface area (Å²) in [6.45, 7) is 6.52. The number of rotatable bonds is 4. The average molecular weight is 439 g/mol. The average Bonchev–Trinajstić information content (AvgIpc) is 2.63. The quantitative estimate of drug-likeness (QED) is 0.679. The van der Waals surface area contributed by atoms with E-state index in [9.17, 15) is 4.79 Å². The maximum atomic E-state index is 12.7. The summed E-state index contributed by atoms with van der Waals surface area (Å²) < 4.78 is 6.72. The van der Waals surface area contributed by atoms with Gasteiger partial charge in [-0.05, 0) is 59.6 Å². The summed E-state index contributed by atoms with van der Waals surface area (Å²) in [7, 11) is 0. The second kappa shape index (κ2) is 8.27. The molecular formula is C19H21BrClN3O2. The summed E-state index contributed by atoms with van der Waals surface area (Å²) in [5.74, 6) is 1.52. The number of carbonyl (C=O) groups is 1. The second-order valence-corrected chi connectivity index (χ2v) is 7.57. The van der Waals surface area contributed by atoms with E-state index in [4.69, 9.17) is 16.3 Å². The number of hydrogen-bond acceptors (Lipinski definition) is 4. The summed E-state index contributed by atoms with van der Waals surface area (Å²) in [5, 5.41) is 0.478. The van der Waals surface area contributed by atoms with E-state index in [1.165, 1.54) is 0 Å². The van der Waals surface area contributed by atoms with Crippen LogP contribution in [0.2, 0.25) is 5.15 Å². The molecule has 0 N–H and O–H groups in total. The number of anilines is 1. The SMILES string of the molecule is Cc1ccc(OC(C)C(=O)N2CCN(c3cccc(Cl)n3)CC2)c(Br)c1. The molecule has 26 heavy (non-hydrogen) atoms. The zero-order valence-electron chi connectivity index (χ0n) is 14.8. The highest BCUT2D eigenvalue weighted by Gasteiger charge is 2.27. The Morgan fingerprint density at radius 3 is 2.62 bits per heavy atom. The Kier molecular flexibility index (Phi) is 6.04. The van der Waals surface area contributed by atoms with Crippen LogP contribution >= 0.6 is 27.5 Å². The van der Waals surface area contributed by atoms with Crippen LogP contribution < -0.4 is 9.64 Å². The topological polar surface area (TPSA) is 45.7 Å². The molecule has 1 amide bonds. The number of pyridine rings is 1. The Labute approximate surface area is 167 Å². The third kappa shape index (κ3) is 4.48. The zero-order valence-corrected chi connectivity index (χ0v) is 17.1. The van der Waals surface area contributed by atoms with E-state index in [2.05, 4.69) is 25.8 Å². The summed E-state index contributed by atoms with van der Waals surface area (Å²) in [6.07, 6.45) is -0.537. The van der Waals surface area contributed by atoms with Gasteiger partial charge in [-0.15, -0.1) is 0 Å². The van der Waals surface area contributed by atoms with E-state index in [0.29, 0.717) is 24.0 Å². The zero-order chi connectivity index (χ0) is 18.7. The highest BCUT2D eigenvalue weighted by molar-refractivity contribution is 9.10. The molecule has 0 bridgehead atoms. The van der Waals surface area contributed by atoms with E-state index in [1.807, 2.05) is 42.2 Å². The Balaban J connectivity index is 1.57. The van der Waals surface area contributed by atoms with Crippen molar-refractivity contribution in [1.29, 1.82) is 0 Å². The van der Waals surface area contributed by atoms with Gasteiger partial charge < -0.3 is 14.5 Å². The van der Waals surface area contributed by atoms with Crippen molar-refractivity contribution in [2.75, 3.05) is 31.1 Å². The van der Waals surface area contributed by atoms with Gasteiger partial charge in [-0.25, -0.2) is 4.98 Å². The lowest BCUT2D eigenvalue weighted by Gasteiger charge is -2.36. The van der Waals surface area contributed by atoms with Crippen LogP contribution in [0.5, 0.6) is 5.75 Å². The highest BCUT2D eigenvalue weighted by atomic mass is 79.9. The van der Waals surface area contributed by atoms with Crippen molar-refractivity contribution in [3.8, 4) is 5.75 Å². The Morgan fingerprint density at radius 2 is 1.96 bits per heavy atom. The second-order valence-electron chi connectivity index (χ2n) is 6.32. The van der Waals surface area contributed by atoms with Gasteiger partial charge in [0, 0.05) is 26.2 Å². The van der Waals surface area contributed by atoms with Gasteiger partial charge in [-0.2, -0.15) is 0 Å². The molecule has 138 valence electrons. The molecule has 1 aliphatic rings. The molecule has 1 aromatic heterocycles. The van der Waals surface area contributed by atoms with Crippen molar-refractivity contribution in [2.24, 2.45) is 0 Å². The smallest absolute Gasteiger partial charge is 0.263 e. The highest BCUT2D eigenvalue weighted by Crippen LogP contribution is 2.27. The van der Waals surface area contributed by atoms with Gasteiger partial charge in [0.25, 0.3) is 5.91 Å². The fourth-order valence-corrected chi connectivity index (χ4v) is 3.68. The molecule has 2 aromatic rings. The molecule has 1 aromatic carbocycles. The molecule has 7 heteroatoms. The third-order valence-corrected chi connectivity index (χ3v) is 5.18. The van der Waals surface area contributed by atoms with E-state index in [1.54, 1.807) is 13.0 Å². The van der Waals surface area contributed by atoms with Gasteiger partial charge in [-0.1, -0.05) is 23.7 Å². The molecule has 0 radical (unpaired) electrons. The number of amides is 1. The number of halogens is 2. The van der Waals surface area contributed by atoms with Crippen molar-refractivity contribution in [3.05, 3.63) is 51.6 Å². The predicted molar refractivity (Wildman–Crippen MR) is 107 cm³/mol. The van der Waals surface area contributed by atoms with Crippen LogP contribution in [-0.2, 0) is 4.79 Å². The normalized spacial score (nSPS) is 15.7. The number of aromatic nitrogens is 1. The van der Waals surface area contributed by atoms with Crippen molar-refractivity contribution in [1.82, 2.24) is 9.88 Å². The van der Waals surface area contributed by atoms with E-state index in [-0.39, 0.29) is 5.91 Å². The molecule has 2 heterocycles. The molecular weight excluding hydrogens is 418 g/mol. The summed E-state index contributed by atoms with van der Waals surface area (Å²) in [4.78, 5) is 21.0. The van der Waals surface area contributed by atoms with Gasteiger partial charge in [0.05, 0.1) is 4.47 Å². The number of aryl methyl sites for hydroxylation is 1. The number of carbonyl (C=O) groups excluding carboxylic acids is 1. The van der Waals surface area contributed by atoms with Crippen LogP contribution in [0.1, 0.15) is 12.5 Å². The molecule has 1 unspecified atom stereocenters. The van der Waals surface area contributed by atoms with Crippen LogP contribution in [0.15, 0.2) is 40.9 Å². The first-order valence-electron chi connectivity index (χ1n) is 8.53. The Bertz CT molecular complexity index is 794. The molecule has 1 aliphatic heterocycles. The molecule has 1 fully saturated rings. The van der Waals surface area contributed by atoms with E-state index < -0.39 is 6.10 Å². The van der Waals surface area contributed by atoms with Crippen molar-refractivity contribution in [2.45, 2.75) is 20.0 Å². The maximum Gasteiger partial charge on any atom is 0.263 e. The van der Waals surface area contributed by atoms with Gasteiger partial charge >= 0.3 is 0 Å². The van der Waals surface area contributed by atoms with Crippen LogP contribution in [0, 0.1) is 6.92 Å². The van der Waals surface area contributed by atoms with Crippen molar-refractivity contribution < 1.29 is 9.53 Å². The van der Waals surface area contributed by atoms with E-state index >= 15 is 0 Å². The molecule has 1 atom stereocenters. The lowest BCUT2D eigenvalue weighted by atomic mass is 10.2. The molecule has 0 aliphatic carbocycles. The monoisotopic (exact) mass is 437 g/mol. The first-order valence-corrected chi connectivity index (χ1v) is 9.70. The fraction of sp³-hybridized carbons (Fsp3) is 0.368. The number of ether oxygens (including phenoxy) is 1. The minimum atomic E-state index is -0.537. The largest absolute Gasteiger partial charge is 0.480 e. The minimum absolute atomic E-state index is 0.00354. The summed E-state index contributed by atoms with van der Waals surface area (Å²) >= 11 is 9.45. The fourth-order valence-electron chi connectivity index (χ4n) is 2.93. The lowest BCUT2D eigenvalue weighted by Crippen LogP contribution is -2.52. The minimum Gasteiger partial charge on any atom is -0.480 e. The molecule has 0 saturated carbocycles. The van der Waals surface area contributed by atoms with Crippen LogP contribution in [0.3, 0.4) is 0 Å². The van der Waals surface area contributed by atoms with Gasteiger partial charge in [0.1, 0.15) is 16.7 Å². The maximum absolute atomic E-state index is 12.7. The molecule has 1 saturated heterocycles. The van der Waals surface area contributed by atoms with Crippen molar-refractivity contribution in [3.63, 3.8) is 0 Å². The van der Waals surface area contributed by atoms with Gasteiger partial charge in [0.2, 0.25) is 0 Å². The number of benzene rings is 1. The Morgan fingerprint density at radius 1 is 1.23 bits per heavy atom. The Hall–Kier alpha value is -1.79. The van der Waals surface area contributed by atoms with Crippen LogP contribution in [0.25, 0.3) is 0 Å². The first kappa shape index (κ1) is 19.0. The third-order valence-electron chi connectivity index (χ3n) is 4.35. The summed E-state index contributed by atoms with van der Waals surface area (Å²) in [6, 6.07) is 11.4. The molecule has 0 spiro atoms.